The van der Waals surface area contributed by atoms with Gasteiger partial charge in [0.1, 0.15) is 5.75 Å². The first-order valence-corrected chi connectivity index (χ1v) is 5.20. The Balaban J connectivity index is 2.40. The van der Waals surface area contributed by atoms with E-state index in [1.165, 1.54) is 12.1 Å². The zero-order valence-electron chi connectivity index (χ0n) is 8.90. The van der Waals surface area contributed by atoms with Crippen LogP contribution in [0.3, 0.4) is 0 Å². The van der Waals surface area contributed by atoms with Crippen LogP contribution in [0, 0.1) is 0 Å². The SMILES string of the molecule is CCCCCOC(=O)c1cccc(O)c1. The summed E-state index contributed by atoms with van der Waals surface area (Å²) in [4.78, 5) is 11.4. The molecule has 0 bridgehead atoms. The average Bonchev–Trinajstić information content (AvgIpc) is 2.24. The fraction of sp³-hybridized carbons (Fsp3) is 0.417. The monoisotopic (exact) mass is 208 g/mol. The van der Waals surface area contributed by atoms with E-state index in [9.17, 15) is 4.79 Å². The molecule has 3 nitrogen and oxygen atoms in total. The molecular weight excluding hydrogens is 192 g/mol. The topological polar surface area (TPSA) is 46.5 Å². The van der Waals surface area contributed by atoms with E-state index in [2.05, 4.69) is 6.92 Å². The van der Waals surface area contributed by atoms with Crippen molar-refractivity contribution in [3.8, 4) is 5.75 Å². The molecule has 0 saturated carbocycles. The number of carbonyl (C=O) groups is 1. The standard InChI is InChI=1S/C12H16O3/c1-2-3-4-8-15-12(14)10-6-5-7-11(13)9-10/h5-7,9,13H,2-4,8H2,1H3. The van der Waals surface area contributed by atoms with E-state index >= 15 is 0 Å². The van der Waals surface area contributed by atoms with Gasteiger partial charge in [0.25, 0.3) is 0 Å². The van der Waals surface area contributed by atoms with Gasteiger partial charge in [-0.25, -0.2) is 4.79 Å². The second-order valence-corrected chi connectivity index (χ2v) is 3.39. The zero-order valence-corrected chi connectivity index (χ0v) is 8.90. The maximum absolute atomic E-state index is 11.4. The number of esters is 1. The number of hydrogen-bond donors (Lipinski definition) is 1. The molecule has 15 heavy (non-hydrogen) atoms. The minimum atomic E-state index is -0.373. The molecule has 0 aliphatic heterocycles. The Bertz CT molecular complexity index is 320. The molecule has 1 aromatic carbocycles. The van der Waals surface area contributed by atoms with Crippen molar-refractivity contribution < 1.29 is 14.6 Å². The van der Waals surface area contributed by atoms with Crippen molar-refractivity contribution in [1.29, 1.82) is 0 Å². The smallest absolute Gasteiger partial charge is 0.338 e. The molecule has 0 fully saturated rings. The summed E-state index contributed by atoms with van der Waals surface area (Å²) in [5, 5.41) is 9.16. The van der Waals surface area contributed by atoms with E-state index < -0.39 is 0 Å². The van der Waals surface area contributed by atoms with Crippen LogP contribution in [0.4, 0.5) is 0 Å². The predicted octanol–water partition coefficient (Wildman–Crippen LogP) is 2.74. The van der Waals surface area contributed by atoms with Crippen LogP contribution in [0.25, 0.3) is 0 Å². The van der Waals surface area contributed by atoms with Gasteiger partial charge in [0, 0.05) is 0 Å². The fourth-order valence-electron chi connectivity index (χ4n) is 1.23. The minimum Gasteiger partial charge on any atom is -0.508 e. The number of rotatable bonds is 5. The zero-order chi connectivity index (χ0) is 11.1. The van der Waals surface area contributed by atoms with E-state index in [4.69, 9.17) is 9.84 Å². The maximum atomic E-state index is 11.4. The van der Waals surface area contributed by atoms with Crippen LogP contribution in [0.5, 0.6) is 5.75 Å². The van der Waals surface area contributed by atoms with Gasteiger partial charge in [-0.2, -0.15) is 0 Å². The van der Waals surface area contributed by atoms with Crippen molar-refractivity contribution in [3.05, 3.63) is 29.8 Å². The van der Waals surface area contributed by atoms with E-state index in [1.807, 2.05) is 0 Å². The number of phenolic OH excluding ortho intramolecular Hbond substituents is 1. The summed E-state index contributed by atoms with van der Waals surface area (Å²) in [6.45, 7) is 2.54. The molecule has 1 aromatic rings. The summed E-state index contributed by atoms with van der Waals surface area (Å²) in [6.07, 6.45) is 3.05. The summed E-state index contributed by atoms with van der Waals surface area (Å²) in [6, 6.07) is 6.18. The lowest BCUT2D eigenvalue weighted by molar-refractivity contribution is 0.0497. The van der Waals surface area contributed by atoms with Gasteiger partial charge in [-0.3, -0.25) is 0 Å². The molecule has 0 spiro atoms. The number of carbonyl (C=O) groups excluding carboxylic acids is 1. The summed E-state index contributed by atoms with van der Waals surface area (Å²) in [7, 11) is 0. The Kier molecular flexibility index (Phi) is 4.68. The van der Waals surface area contributed by atoms with Crippen LogP contribution in [0.15, 0.2) is 24.3 Å². The van der Waals surface area contributed by atoms with Gasteiger partial charge in [0.2, 0.25) is 0 Å². The first-order chi connectivity index (χ1) is 7.24. The van der Waals surface area contributed by atoms with Gasteiger partial charge in [-0.05, 0) is 24.6 Å². The Morgan fingerprint density at radius 3 is 2.87 bits per heavy atom. The molecular formula is C12H16O3. The van der Waals surface area contributed by atoms with Gasteiger partial charge < -0.3 is 9.84 Å². The highest BCUT2D eigenvalue weighted by Gasteiger charge is 2.06. The highest BCUT2D eigenvalue weighted by Crippen LogP contribution is 2.11. The average molecular weight is 208 g/mol. The van der Waals surface area contributed by atoms with Crippen LogP contribution >= 0.6 is 0 Å². The molecule has 82 valence electrons. The fourth-order valence-corrected chi connectivity index (χ4v) is 1.23. The highest BCUT2D eigenvalue weighted by molar-refractivity contribution is 5.89. The second-order valence-electron chi connectivity index (χ2n) is 3.39. The molecule has 0 unspecified atom stereocenters. The lowest BCUT2D eigenvalue weighted by atomic mass is 10.2. The lowest BCUT2D eigenvalue weighted by Gasteiger charge is -2.04. The number of aromatic hydroxyl groups is 1. The first kappa shape index (κ1) is 11.6. The summed E-state index contributed by atoms with van der Waals surface area (Å²) < 4.78 is 5.04. The summed E-state index contributed by atoms with van der Waals surface area (Å²) in [5.41, 5.74) is 0.395. The Morgan fingerprint density at radius 1 is 1.40 bits per heavy atom. The maximum Gasteiger partial charge on any atom is 0.338 e. The van der Waals surface area contributed by atoms with Gasteiger partial charge in [-0.15, -0.1) is 0 Å². The molecule has 0 aliphatic carbocycles. The molecule has 0 aliphatic rings. The van der Waals surface area contributed by atoms with Gasteiger partial charge in [0.15, 0.2) is 0 Å². The molecule has 1 N–H and O–H groups in total. The second kappa shape index (κ2) is 6.06. The number of unbranched alkanes of at least 4 members (excludes halogenated alkanes) is 2. The predicted molar refractivity (Wildman–Crippen MR) is 57.9 cm³/mol. The van der Waals surface area contributed by atoms with Crippen molar-refractivity contribution in [2.45, 2.75) is 26.2 Å². The molecule has 3 heteroatoms. The van der Waals surface area contributed by atoms with Crippen molar-refractivity contribution >= 4 is 5.97 Å². The molecule has 0 saturated heterocycles. The van der Waals surface area contributed by atoms with Crippen LogP contribution in [-0.2, 0) is 4.74 Å². The Labute approximate surface area is 89.7 Å². The van der Waals surface area contributed by atoms with Crippen molar-refractivity contribution in [2.24, 2.45) is 0 Å². The normalized spacial score (nSPS) is 9.93. The summed E-state index contributed by atoms with van der Waals surface area (Å²) >= 11 is 0. The van der Waals surface area contributed by atoms with Gasteiger partial charge in [0.05, 0.1) is 12.2 Å². The van der Waals surface area contributed by atoms with Crippen molar-refractivity contribution in [3.63, 3.8) is 0 Å². The van der Waals surface area contributed by atoms with Crippen LogP contribution in [-0.4, -0.2) is 17.7 Å². The molecule has 1 rings (SSSR count). The van der Waals surface area contributed by atoms with Crippen LogP contribution in [0.1, 0.15) is 36.5 Å². The molecule has 0 heterocycles. The third-order valence-electron chi connectivity index (χ3n) is 2.06. The van der Waals surface area contributed by atoms with Gasteiger partial charge >= 0.3 is 5.97 Å². The molecule has 0 amide bonds. The third-order valence-corrected chi connectivity index (χ3v) is 2.06. The minimum absolute atomic E-state index is 0.0815. The van der Waals surface area contributed by atoms with Crippen molar-refractivity contribution in [2.75, 3.05) is 6.61 Å². The van der Waals surface area contributed by atoms with Crippen LogP contribution < -0.4 is 0 Å². The van der Waals surface area contributed by atoms with Gasteiger partial charge in [-0.1, -0.05) is 25.8 Å². The number of benzene rings is 1. The largest absolute Gasteiger partial charge is 0.508 e. The van der Waals surface area contributed by atoms with E-state index in [0.29, 0.717) is 12.2 Å². The summed E-state index contributed by atoms with van der Waals surface area (Å²) in [5.74, 6) is -0.292. The van der Waals surface area contributed by atoms with Crippen LogP contribution in [0.2, 0.25) is 0 Å². The Hall–Kier alpha value is -1.51. The third kappa shape index (κ3) is 4.02. The van der Waals surface area contributed by atoms with E-state index in [1.54, 1.807) is 12.1 Å². The molecule has 0 atom stereocenters. The van der Waals surface area contributed by atoms with E-state index in [-0.39, 0.29) is 11.7 Å². The number of ether oxygens (including phenoxy) is 1. The van der Waals surface area contributed by atoms with E-state index in [0.717, 1.165) is 19.3 Å². The lowest BCUT2D eigenvalue weighted by Crippen LogP contribution is -2.06. The highest BCUT2D eigenvalue weighted by atomic mass is 16.5. The number of hydrogen-bond acceptors (Lipinski definition) is 3. The first-order valence-electron chi connectivity index (χ1n) is 5.20. The van der Waals surface area contributed by atoms with Crippen molar-refractivity contribution in [1.82, 2.24) is 0 Å². The Morgan fingerprint density at radius 2 is 2.20 bits per heavy atom. The number of phenols is 1. The quantitative estimate of drug-likeness (QED) is 0.597. The molecule has 0 radical (unpaired) electrons. The molecule has 0 aromatic heterocycles.